The third-order valence-electron chi connectivity index (χ3n) is 6.42. The van der Waals surface area contributed by atoms with Crippen LogP contribution in [0.5, 0.6) is 5.19 Å². The molecule has 1 fully saturated rings. The van der Waals surface area contributed by atoms with E-state index < -0.39 is 12.5 Å². The second-order valence-corrected chi connectivity index (χ2v) is 10.6. The summed E-state index contributed by atoms with van der Waals surface area (Å²) in [5.74, 6) is -2.09. The maximum absolute atomic E-state index is 13.0. The summed E-state index contributed by atoms with van der Waals surface area (Å²) in [5.41, 5.74) is 1.91. The number of fused-ring (bicyclic) bond motifs is 1. The molecule has 0 aromatic carbocycles. The Kier molecular flexibility index (Phi) is 7.63. The van der Waals surface area contributed by atoms with Crippen molar-refractivity contribution in [3.05, 3.63) is 28.5 Å². The standard InChI is InChI=1S/C23H33F2N5O2S/c1-23(24,25)15-32-22-28-19-14-30(10-8-20(19)33-22)9-7-16-3-5-18(6-4-16)27-21(31)11-17-12-26-29(2)13-17/h12-13,16,18H,3-11,14-15H2,1-2H3,(H,27,31). The van der Waals surface area contributed by atoms with Crippen LogP contribution in [0.15, 0.2) is 12.4 Å². The van der Waals surface area contributed by atoms with E-state index in [1.165, 1.54) is 11.3 Å². The molecule has 1 amide bonds. The predicted molar refractivity (Wildman–Crippen MR) is 123 cm³/mol. The second-order valence-electron chi connectivity index (χ2n) is 9.51. The first-order chi connectivity index (χ1) is 15.7. The predicted octanol–water partition coefficient (Wildman–Crippen LogP) is 3.58. The van der Waals surface area contributed by atoms with Gasteiger partial charge in [-0.3, -0.25) is 14.4 Å². The number of aryl methyl sites for hydroxylation is 1. The van der Waals surface area contributed by atoms with Crippen LogP contribution in [0.3, 0.4) is 0 Å². The maximum Gasteiger partial charge on any atom is 0.278 e. The van der Waals surface area contributed by atoms with Gasteiger partial charge in [0, 0.05) is 44.2 Å². The van der Waals surface area contributed by atoms with Gasteiger partial charge in [0.25, 0.3) is 11.1 Å². The Balaban J connectivity index is 1.15. The van der Waals surface area contributed by atoms with E-state index in [4.69, 9.17) is 4.74 Å². The number of halogens is 2. The third-order valence-corrected chi connectivity index (χ3v) is 7.49. The van der Waals surface area contributed by atoms with Crippen molar-refractivity contribution in [1.29, 1.82) is 0 Å². The minimum Gasteiger partial charge on any atom is -0.464 e. The Hall–Kier alpha value is -2.07. The molecule has 0 bridgehead atoms. The van der Waals surface area contributed by atoms with Crippen LogP contribution in [-0.4, -0.2) is 57.2 Å². The summed E-state index contributed by atoms with van der Waals surface area (Å²) in [5, 5.41) is 7.65. The number of carbonyl (C=O) groups excluding carboxylic acids is 1. The van der Waals surface area contributed by atoms with E-state index in [-0.39, 0.29) is 11.9 Å². The normalized spacial score (nSPS) is 21.6. The van der Waals surface area contributed by atoms with Gasteiger partial charge in [-0.05, 0) is 56.6 Å². The summed E-state index contributed by atoms with van der Waals surface area (Å²) >= 11 is 1.40. The number of nitrogens with one attached hydrogen (secondary N) is 1. The average molecular weight is 482 g/mol. The molecule has 2 aromatic rings. The Labute approximate surface area is 197 Å². The summed E-state index contributed by atoms with van der Waals surface area (Å²) in [7, 11) is 1.85. The molecule has 33 heavy (non-hydrogen) atoms. The highest BCUT2D eigenvalue weighted by Gasteiger charge is 2.27. The molecule has 0 radical (unpaired) electrons. The molecule has 3 heterocycles. The van der Waals surface area contributed by atoms with Crippen LogP contribution in [0, 0.1) is 5.92 Å². The van der Waals surface area contributed by atoms with Crippen molar-refractivity contribution in [1.82, 2.24) is 25.0 Å². The van der Waals surface area contributed by atoms with Crippen molar-refractivity contribution in [2.45, 2.75) is 70.4 Å². The quantitative estimate of drug-likeness (QED) is 0.593. The van der Waals surface area contributed by atoms with Crippen LogP contribution in [-0.2, 0) is 31.2 Å². The molecule has 10 heteroatoms. The minimum absolute atomic E-state index is 0.0739. The van der Waals surface area contributed by atoms with Gasteiger partial charge in [0.15, 0.2) is 6.61 Å². The number of hydrogen-bond acceptors (Lipinski definition) is 6. The van der Waals surface area contributed by atoms with Gasteiger partial charge in [-0.1, -0.05) is 11.3 Å². The smallest absolute Gasteiger partial charge is 0.278 e. The molecule has 2 aliphatic rings. The zero-order chi connectivity index (χ0) is 23.4. The number of carbonyl (C=O) groups is 1. The summed E-state index contributed by atoms with van der Waals surface area (Å²) in [6.07, 6.45) is 10.4. The highest BCUT2D eigenvalue weighted by molar-refractivity contribution is 7.13. The van der Waals surface area contributed by atoms with E-state index in [9.17, 15) is 13.6 Å². The Morgan fingerprint density at radius 2 is 2.12 bits per heavy atom. The van der Waals surface area contributed by atoms with E-state index >= 15 is 0 Å². The first-order valence-corrected chi connectivity index (χ1v) is 12.5. The first-order valence-electron chi connectivity index (χ1n) is 11.7. The van der Waals surface area contributed by atoms with Crippen LogP contribution < -0.4 is 10.1 Å². The van der Waals surface area contributed by atoms with Crippen LogP contribution in [0.2, 0.25) is 0 Å². The number of thiazole rings is 1. The molecule has 0 atom stereocenters. The van der Waals surface area contributed by atoms with Gasteiger partial charge in [0.1, 0.15) is 0 Å². The number of rotatable bonds is 9. The number of ether oxygens (including phenoxy) is 1. The van der Waals surface area contributed by atoms with Gasteiger partial charge >= 0.3 is 0 Å². The van der Waals surface area contributed by atoms with E-state index in [1.54, 1.807) is 10.9 Å². The summed E-state index contributed by atoms with van der Waals surface area (Å²) in [4.78, 5) is 20.3. The molecular weight excluding hydrogens is 448 g/mol. The van der Waals surface area contributed by atoms with Crippen molar-refractivity contribution in [2.24, 2.45) is 13.0 Å². The lowest BCUT2D eigenvalue weighted by atomic mass is 9.84. The molecule has 0 unspecified atom stereocenters. The van der Waals surface area contributed by atoms with Gasteiger partial charge < -0.3 is 10.1 Å². The van der Waals surface area contributed by atoms with E-state index in [0.29, 0.717) is 17.5 Å². The molecule has 4 rings (SSSR count). The van der Waals surface area contributed by atoms with E-state index in [2.05, 4.69) is 20.3 Å². The van der Waals surface area contributed by atoms with Crippen LogP contribution in [0.25, 0.3) is 0 Å². The molecule has 0 saturated heterocycles. The Bertz CT molecular complexity index is 934. The lowest BCUT2D eigenvalue weighted by molar-refractivity contribution is -0.121. The second kappa shape index (κ2) is 10.5. The number of alkyl halides is 2. The SMILES string of the molecule is Cn1cc(CC(=O)NC2CCC(CCN3CCc4sc(OCC(C)(F)F)nc4C3)CC2)cn1. The Morgan fingerprint density at radius 3 is 2.82 bits per heavy atom. The van der Waals surface area contributed by atoms with Crippen molar-refractivity contribution in [3.63, 3.8) is 0 Å². The van der Waals surface area contributed by atoms with Crippen molar-refractivity contribution in [3.8, 4) is 5.19 Å². The highest BCUT2D eigenvalue weighted by Crippen LogP contribution is 2.32. The van der Waals surface area contributed by atoms with Gasteiger partial charge in [-0.2, -0.15) is 5.10 Å². The molecular formula is C23H33F2N5O2S. The van der Waals surface area contributed by atoms with Crippen molar-refractivity contribution < 1.29 is 18.3 Å². The summed E-state index contributed by atoms with van der Waals surface area (Å²) in [6, 6.07) is 0.270. The maximum atomic E-state index is 13.0. The van der Waals surface area contributed by atoms with E-state index in [0.717, 1.165) is 81.2 Å². The molecule has 0 spiro atoms. The van der Waals surface area contributed by atoms with Crippen LogP contribution in [0.1, 0.15) is 55.2 Å². The first kappa shape index (κ1) is 24.1. The van der Waals surface area contributed by atoms with Crippen molar-refractivity contribution in [2.75, 3.05) is 19.7 Å². The highest BCUT2D eigenvalue weighted by atomic mass is 32.1. The van der Waals surface area contributed by atoms with Gasteiger partial charge in [0.2, 0.25) is 5.91 Å². The van der Waals surface area contributed by atoms with E-state index in [1.807, 2.05) is 13.2 Å². The molecule has 1 aliphatic heterocycles. The zero-order valence-corrected chi connectivity index (χ0v) is 20.2. The van der Waals surface area contributed by atoms with Gasteiger partial charge in [-0.15, -0.1) is 0 Å². The monoisotopic (exact) mass is 481 g/mol. The fourth-order valence-electron chi connectivity index (χ4n) is 4.66. The molecule has 7 nitrogen and oxygen atoms in total. The average Bonchev–Trinajstić information content (AvgIpc) is 3.36. The molecule has 182 valence electrons. The van der Waals surface area contributed by atoms with Crippen molar-refractivity contribution >= 4 is 17.2 Å². The van der Waals surface area contributed by atoms with Gasteiger partial charge in [-0.25, -0.2) is 13.8 Å². The largest absolute Gasteiger partial charge is 0.464 e. The zero-order valence-electron chi connectivity index (χ0n) is 19.4. The number of amides is 1. The minimum atomic E-state index is -2.85. The molecule has 1 saturated carbocycles. The number of nitrogens with zero attached hydrogens (tertiary/aromatic N) is 4. The Morgan fingerprint density at radius 1 is 1.33 bits per heavy atom. The van der Waals surface area contributed by atoms with Gasteiger partial charge in [0.05, 0.1) is 18.3 Å². The topological polar surface area (TPSA) is 72.3 Å². The molecule has 1 N–H and O–H groups in total. The number of hydrogen-bond donors (Lipinski definition) is 1. The van der Waals surface area contributed by atoms with Crippen LogP contribution >= 0.6 is 11.3 Å². The number of aromatic nitrogens is 3. The lowest BCUT2D eigenvalue weighted by Gasteiger charge is -2.32. The summed E-state index contributed by atoms with van der Waals surface area (Å²) in [6.45, 7) is 2.97. The fourth-order valence-corrected chi connectivity index (χ4v) is 5.56. The third kappa shape index (κ3) is 7.20. The summed E-state index contributed by atoms with van der Waals surface area (Å²) < 4.78 is 33.0. The lowest BCUT2D eigenvalue weighted by Crippen LogP contribution is -2.39. The van der Waals surface area contributed by atoms with Crippen LogP contribution in [0.4, 0.5) is 8.78 Å². The molecule has 2 aromatic heterocycles. The molecule has 1 aliphatic carbocycles. The fraction of sp³-hybridized carbons (Fsp3) is 0.696.